The Morgan fingerprint density at radius 1 is 1.15 bits per heavy atom. The molecule has 0 heterocycles. The maximum atomic E-state index is 12.2. The summed E-state index contributed by atoms with van der Waals surface area (Å²) in [6.45, 7) is 4.11. The summed E-state index contributed by atoms with van der Waals surface area (Å²) < 4.78 is 37.3. The molecule has 0 spiro atoms. The van der Waals surface area contributed by atoms with Crippen LogP contribution in [0.5, 0.6) is 11.5 Å². The van der Waals surface area contributed by atoms with Crippen LogP contribution in [0.4, 0.5) is 0 Å². The molecule has 0 fully saturated rings. The predicted molar refractivity (Wildman–Crippen MR) is 103 cm³/mol. The van der Waals surface area contributed by atoms with Crippen LogP contribution in [0.15, 0.2) is 66.1 Å². The highest BCUT2D eigenvalue weighted by atomic mass is 32.2. The largest absolute Gasteiger partial charge is 0.497 e. The number of rotatable bonds is 10. The van der Waals surface area contributed by atoms with Gasteiger partial charge in [-0.3, -0.25) is 4.79 Å². The van der Waals surface area contributed by atoms with E-state index in [2.05, 4.69) is 16.6 Å². The third-order valence-electron chi connectivity index (χ3n) is 3.52. The summed E-state index contributed by atoms with van der Waals surface area (Å²) in [5.41, 5.74) is 0.248. The third kappa shape index (κ3) is 6.12. The number of carbonyl (C=O) groups excluding carboxylic acids is 1. The highest BCUT2D eigenvalue weighted by Crippen LogP contribution is 2.18. The van der Waals surface area contributed by atoms with Gasteiger partial charge in [0.05, 0.1) is 18.6 Å². The second-order valence-corrected chi connectivity index (χ2v) is 7.22. The van der Waals surface area contributed by atoms with Crippen LogP contribution in [0.25, 0.3) is 0 Å². The maximum Gasteiger partial charge on any atom is 0.251 e. The standard InChI is InChI=1S/C19H22N2O5S/c1-3-10-21-27(23,24)18-9-4-6-15(13-18)19(22)20-11-12-26-17-8-5-7-16(14-17)25-2/h3-9,13-14,21H,1,10-12H2,2H3,(H,20,22). The van der Waals surface area contributed by atoms with Gasteiger partial charge in [0.25, 0.3) is 5.91 Å². The van der Waals surface area contributed by atoms with E-state index in [4.69, 9.17) is 9.47 Å². The van der Waals surface area contributed by atoms with Crippen LogP contribution in [0.1, 0.15) is 10.4 Å². The Morgan fingerprint density at radius 2 is 1.89 bits per heavy atom. The molecule has 1 amide bonds. The first-order valence-electron chi connectivity index (χ1n) is 8.22. The molecule has 0 aromatic heterocycles. The van der Waals surface area contributed by atoms with Gasteiger partial charge in [-0.15, -0.1) is 6.58 Å². The minimum Gasteiger partial charge on any atom is -0.497 e. The van der Waals surface area contributed by atoms with Crippen LogP contribution in [0, 0.1) is 0 Å². The Kier molecular flexibility index (Phi) is 7.39. The number of carbonyl (C=O) groups is 1. The van der Waals surface area contributed by atoms with Gasteiger partial charge >= 0.3 is 0 Å². The van der Waals surface area contributed by atoms with Gasteiger partial charge in [0.1, 0.15) is 18.1 Å². The Bertz CT molecular complexity index is 896. The van der Waals surface area contributed by atoms with Gasteiger partial charge in [0, 0.05) is 18.2 Å². The van der Waals surface area contributed by atoms with E-state index in [-0.39, 0.29) is 36.1 Å². The number of benzene rings is 2. The number of amides is 1. The fraction of sp³-hybridized carbons (Fsp3) is 0.211. The Balaban J connectivity index is 1.90. The van der Waals surface area contributed by atoms with Crippen molar-refractivity contribution in [1.82, 2.24) is 10.0 Å². The van der Waals surface area contributed by atoms with E-state index < -0.39 is 10.0 Å². The molecule has 0 aliphatic heterocycles. The van der Waals surface area contributed by atoms with E-state index in [0.717, 1.165) is 0 Å². The van der Waals surface area contributed by atoms with Crippen molar-refractivity contribution in [3.8, 4) is 11.5 Å². The number of nitrogens with one attached hydrogen (secondary N) is 2. The zero-order chi connectivity index (χ0) is 19.7. The van der Waals surface area contributed by atoms with E-state index in [0.29, 0.717) is 11.5 Å². The van der Waals surface area contributed by atoms with E-state index >= 15 is 0 Å². The summed E-state index contributed by atoms with van der Waals surface area (Å²) in [6.07, 6.45) is 1.44. The second kappa shape index (κ2) is 9.75. The number of sulfonamides is 1. The van der Waals surface area contributed by atoms with Gasteiger partial charge in [-0.1, -0.05) is 18.2 Å². The summed E-state index contributed by atoms with van der Waals surface area (Å²) in [7, 11) is -2.11. The quantitative estimate of drug-likeness (QED) is 0.478. The predicted octanol–water partition coefficient (Wildman–Crippen LogP) is 1.97. The van der Waals surface area contributed by atoms with Crippen LogP contribution in [-0.4, -0.2) is 41.1 Å². The van der Waals surface area contributed by atoms with E-state index in [1.807, 2.05) is 0 Å². The lowest BCUT2D eigenvalue weighted by atomic mass is 10.2. The Labute approximate surface area is 159 Å². The Hall–Kier alpha value is -2.84. The van der Waals surface area contributed by atoms with E-state index in [9.17, 15) is 13.2 Å². The summed E-state index contributed by atoms with van der Waals surface area (Å²) in [6, 6.07) is 13.0. The molecule has 0 bridgehead atoms. The summed E-state index contributed by atoms with van der Waals surface area (Å²) in [5.74, 6) is 0.926. The summed E-state index contributed by atoms with van der Waals surface area (Å²) in [4.78, 5) is 12.2. The van der Waals surface area contributed by atoms with Crippen molar-refractivity contribution >= 4 is 15.9 Å². The van der Waals surface area contributed by atoms with E-state index in [1.54, 1.807) is 37.4 Å². The molecule has 0 atom stereocenters. The number of hydrogen-bond donors (Lipinski definition) is 2. The van der Waals surface area contributed by atoms with Crippen LogP contribution in [0.2, 0.25) is 0 Å². The molecule has 7 nitrogen and oxygen atoms in total. The molecule has 0 aliphatic rings. The van der Waals surface area contributed by atoms with Crippen molar-refractivity contribution < 1.29 is 22.7 Å². The van der Waals surface area contributed by atoms with Crippen molar-refractivity contribution in [2.45, 2.75) is 4.90 Å². The van der Waals surface area contributed by atoms with Crippen LogP contribution < -0.4 is 19.5 Å². The molecule has 0 saturated heterocycles. The van der Waals surface area contributed by atoms with Gasteiger partial charge in [-0.25, -0.2) is 13.1 Å². The highest BCUT2D eigenvalue weighted by molar-refractivity contribution is 7.89. The normalized spacial score (nSPS) is 10.9. The van der Waals surface area contributed by atoms with Crippen molar-refractivity contribution in [3.63, 3.8) is 0 Å². The zero-order valence-corrected chi connectivity index (χ0v) is 15.8. The van der Waals surface area contributed by atoms with Crippen molar-refractivity contribution in [2.24, 2.45) is 0 Å². The van der Waals surface area contributed by atoms with Gasteiger partial charge in [-0.2, -0.15) is 0 Å². The molecule has 2 N–H and O–H groups in total. The molecule has 27 heavy (non-hydrogen) atoms. The Morgan fingerprint density at radius 3 is 2.63 bits per heavy atom. The van der Waals surface area contributed by atoms with Crippen molar-refractivity contribution in [3.05, 3.63) is 66.7 Å². The average molecular weight is 390 g/mol. The summed E-state index contributed by atoms with van der Waals surface area (Å²) in [5, 5.41) is 2.69. The highest BCUT2D eigenvalue weighted by Gasteiger charge is 2.15. The van der Waals surface area contributed by atoms with Gasteiger partial charge < -0.3 is 14.8 Å². The zero-order valence-electron chi connectivity index (χ0n) is 15.0. The number of hydrogen-bond acceptors (Lipinski definition) is 5. The van der Waals surface area contributed by atoms with Gasteiger partial charge in [0.15, 0.2) is 0 Å². The van der Waals surface area contributed by atoms with Crippen LogP contribution in [0.3, 0.4) is 0 Å². The van der Waals surface area contributed by atoms with Gasteiger partial charge in [0.2, 0.25) is 10.0 Å². The molecule has 2 rings (SSSR count). The first-order chi connectivity index (χ1) is 13.0. The third-order valence-corrected chi connectivity index (χ3v) is 4.94. The SMILES string of the molecule is C=CCNS(=O)(=O)c1cccc(C(=O)NCCOc2cccc(OC)c2)c1. The maximum absolute atomic E-state index is 12.2. The lowest BCUT2D eigenvalue weighted by molar-refractivity contribution is 0.0946. The molecule has 8 heteroatoms. The summed E-state index contributed by atoms with van der Waals surface area (Å²) >= 11 is 0. The number of ether oxygens (including phenoxy) is 2. The molecule has 0 aliphatic carbocycles. The first-order valence-corrected chi connectivity index (χ1v) is 9.70. The monoisotopic (exact) mass is 390 g/mol. The molecule has 2 aromatic carbocycles. The van der Waals surface area contributed by atoms with Crippen molar-refractivity contribution in [2.75, 3.05) is 26.8 Å². The minimum absolute atomic E-state index is 0.0182. The second-order valence-electron chi connectivity index (χ2n) is 5.45. The minimum atomic E-state index is -3.68. The van der Waals surface area contributed by atoms with Crippen LogP contribution in [-0.2, 0) is 10.0 Å². The van der Waals surface area contributed by atoms with Crippen molar-refractivity contribution in [1.29, 1.82) is 0 Å². The molecule has 0 unspecified atom stereocenters. The molecule has 144 valence electrons. The first kappa shape index (κ1) is 20.5. The lowest BCUT2D eigenvalue weighted by Gasteiger charge is -2.10. The lowest BCUT2D eigenvalue weighted by Crippen LogP contribution is -2.28. The molecule has 0 saturated carbocycles. The topological polar surface area (TPSA) is 93.7 Å². The number of methoxy groups -OCH3 is 1. The van der Waals surface area contributed by atoms with Crippen LogP contribution >= 0.6 is 0 Å². The smallest absolute Gasteiger partial charge is 0.251 e. The fourth-order valence-corrected chi connectivity index (χ4v) is 3.23. The van der Waals surface area contributed by atoms with Gasteiger partial charge in [-0.05, 0) is 30.3 Å². The average Bonchev–Trinajstić information content (AvgIpc) is 2.69. The molecular formula is C19H22N2O5S. The molecule has 2 aromatic rings. The molecule has 0 radical (unpaired) electrons. The fourth-order valence-electron chi connectivity index (χ4n) is 2.18. The molecular weight excluding hydrogens is 368 g/mol. The van der Waals surface area contributed by atoms with E-state index in [1.165, 1.54) is 24.3 Å².